The number of benzene rings is 2. The smallest absolute Gasteiger partial charge is 0.0490 e. The molecule has 0 aliphatic heterocycles. The average molecular weight is 248 g/mol. The molecule has 19 heavy (non-hydrogen) atoms. The lowest BCUT2D eigenvalue weighted by atomic mass is 9.89. The molecule has 0 saturated carbocycles. The predicted molar refractivity (Wildman–Crippen MR) is 77.0 cm³/mol. The lowest BCUT2D eigenvalue weighted by molar-refractivity contribution is 0.766. The summed E-state index contributed by atoms with van der Waals surface area (Å²) < 4.78 is 0. The van der Waals surface area contributed by atoms with Crippen molar-refractivity contribution in [2.24, 2.45) is 0 Å². The molecule has 3 rings (SSSR count). The Morgan fingerprint density at radius 1 is 0.842 bits per heavy atom. The number of aromatic amines is 1. The number of aromatic nitrogens is 2. The molecule has 2 nitrogen and oxygen atoms in total. The van der Waals surface area contributed by atoms with Crippen LogP contribution in [0.3, 0.4) is 0 Å². The Labute approximate surface area is 113 Å². The molecule has 3 aromatic rings. The van der Waals surface area contributed by atoms with E-state index in [4.69, 9.17) is 0 Å². The highest BCUT2D eigenvalue weighted by molar-refractivity contribution is 5.31. The number of nitrogens with one attached hydrogen (secondary N) is 1. The molecule has 2 aromatic carbocycles. The normalized spacial score (nSPS) is 12.2. The highest BCUT2D eigenvalue weighted by atomic mass is 15.1. The highest BCUT2D eigenvalue weighted by Crippen LogP contribution is 2.26. The van der Waals surface area contributed by atoms with Gasteiger partial charge in [-0.25, -0.2) is 0 Å². The maximum atomic E-state index is 4.09. The highest BCUT2D eigenvalue weighted by Gasteiger charge is 2.15. The van der Waals surface area contributed by atoms with E-state index in [2.05, 4.69) is 76.9 Å². The molecule has 0 saturated heterocycles. The summed E-state index contributed by atoms with van der Waals surface area (Å²) in [5.41, 5.74) is 3.82. The summed E-state index contributed by atoms with van der Waals surface area (Å²) in [6.45, 7) is 0. The molecule has 94 valence electrons. The second-order valence-corrected chi connectivity index (χ2v) is 4.66. The quantitative estimate of drug-likeness (QED) is 0.747. The van der Waals surface area contributed by atoms with Gasteiger partial charge in [-0.15, -0.1) is 0 Å². The third-order valence-electron chi connectivity index (χ3n) is 3.38. The molecule has 1 atom stereocenters. The summed E-state index contributed by atoms with van der Waals surface area (Å²) in [4.78, 5) is 0. The van der Waals surface area contributed by atoms with Gasteiger partial charge in [0.05, 0.1) is 0 Å². The molecule has 1 heterocycles. The first-order valence-corrected chi connectivity index (χ1v) is 6.51. The van der Waals surface area contributed by atoms with Crippen molar-refractivity contribution < 1.29 is 0 Å². The van der Waals surface area contributed by atoms with Gasteiger partial charge in [0.1, 0.15) is 0 Å². The second kappa shape index (κ2) is 5.53. The van der Waals surface area contributed by atoms with E-state index < -0.39 is 0 Å². The van der Waals surface area contributed by atoms with Crippen LogP contribution in [0.5, 0.6) is 0 Å². The molecular weight excluding hydrogens is 232 g/mol. The third-order valence-corrected chi connectivity index (χ3v) is 3.38. The second-order valence-electron chi connectivity index (χ2n) is 4.66. The van der Waals surface area contributed by atoms with Gasteiger partial charge in [-0.3, -0.25) is 5.10 Å². The molecular formula is C17H16N2. The van der Waals surface area contributed by atoms with Crippen LogP contribution in [0.2, 0.25) is 0 Å². The number of H-pyrrole nitrogens is 1. The predicted octanol–water partition coefficient (Wildman–Crippen LogP) is 3.78. The van der Waals surface area contributed by atoms with E-state index in [9.17, 15) is 0 Å². The van der Waals surface area contributed by atoms with E-state index in [1.54, 1.807) is 0 Å². The van der Waals surface area contributed by atoms with Crippen molar-refractivity contribution in [3.05, 3.63) is 89.7 Å². The van der Waals surface area contributed by atoms with Crippen LogP contribution in [0.25, 0.3) is 0 Å². The van der Waals surface area contributed by atoms with Crippen LogP contribution in [0.4, 0.5) is 0 Å². The minimum atomic E-state index is 0.325. The van der Waals surface area contributed by atoms with Gasteiger partial charge < -0.3 is 0 Å². The maximum absolute atomic E-state index is 4.09. The van der Waals surface area contributed by atoms with Gasteiger partial charge in [0.25, 0.3) is 0 Å². The number of nitrogens with zero attached hydrogens (tertiary/aromatic N) is 1. The fraction of sp³-hybridized carbons (Fsp3) is 0.118. The Bertz CT molecular complexity index is 600. The summed E-state index contributed by atoms with van der Waals surface area (Å²) in [6.07, 6.45) is 2.79. The SMILES string of the molecule is c1ccc(CC(c2ccccc2)c2ccn[nH]2)cc1. The molecule has 0 fully saturated rings. The van der Waals surface area contributed by atoms with Crippen molar-refractivity contribution in [1.82, 2.24) is 10.2 Å². The lowest BCUT2D eigenvalue weighted by Crippen LogP contribution is -2.05. The van der Waals surface area contributed by atoms with Crippen molar-refractivity contribution in [2.75, 3.05) is 0 Å². The van der Waals surface area contributed by atoms with Crippen molar-refractivity contribution in [2.45, 2.75) is 12.3 Å². The molecule has 0 aliphatic carbocycles. The summed E-state index contributed by atoms with van der Waals surface area (Å²) in [5, 5.41) is 7.19. The number of hydrogen-bond donors (Lipinski definition) is 1. The molecule has 1 aromatic heterocycles. The first-order chi connectivity index (χ1) is 9.43. The minimum absolute atomic E-state index is 0.325. The van der Waals surface area contributed by atoms with E-state index >= 15 is 0 Å². The standard InChI is InChI=1S/C17H16N2/c1-3-7-14(8-4-1)13-16(17-11-12-18-19-17)15-9-5-2-6-10-15/h1-12,16H,13H2,(H,18,19). The van der Waals surface area contributed by atoms with Crippen LogP contribution < -0.4 is 0 Å². The Balaban J connectivity index is 1.94. The van der Waals surface area contributed by atoms with Crippen LogP contribution in [0.15, 0.2) is 72.9 Å². The monoisotopic (exact) mass is 248 g/mol. The van der Waals surface area contributed by atoms with Gasteiger partial charge in [0, 0.05) is 17.8 Å². The molecule has 0 radical (unpaired) electrons. The zero-order valence-electron chi connectivity index (χ0n) is 10.7. The van der Waals surface area contributed by atoms with Crippen LogP contribution in [-0.2, 0) is 6.42 Å². The molecule has 1 N–H and O–H groups in total. The van der Waals surface area contributed by atoms with E-state index in [0.29, 0.717) is 5.92 Å². The zero-order valence-corrected chi connectivity index (χ0v) is 10.7. The summed E-state index contributed by atoms with van der Waals surface area (Å²) in [5.74, 6) is 0.325. The molecule has 2 heteroatoms. The van der Waals surface area contributed by atoms with Crippen LogP contribution in [0.1, 0.15) is 22.7 Å². The van der Waals surface area contributed by atoms with Gasteiger partial charge >= 0.3 is 0 Å². The van der Waals surface area contributed by atoms with Crippen molar-refractivity contribution >= 4 is 0 Å². The summed E-state index contributed by atoms with van der Waals surface area (Å²) in [7, 11) is 0. The third kappa shape index (κ3) is 2.74. The van der Waals surface area contributed by atoms with Gasteiger partial charge in [-0.05, 0) is 23.6 Å². The minimum Gasteiger partial charge on any atom is -0.282 e. The summed E-state index contributed by atoms with van der Waals surface area (Å²) >= 11 is 0. The van der Waals surface area contributed by atoms with E-state index in [1.807, 2.05) is 6.20 Å². The molecule has 0 bridgehead atoms. The number of rotatable bonds is 4. The van der Waals surface area contributed by atoms with Gasteiger partial charge in [0.15, 0.2) is 0 Å². The topological polar surface area (TPSA) is 28.7 Å². The first-order valence-electron chi connectivity index (χ1n) is 6.51. The largest absolute Gasteiger partial charge is 0.282 e. The molecule has 1 unspecified atom stereocenters. The van der Waals surface area contributed by atoms with E-state index in [0.717, 1.165) is 12.1 Å². The molecule has 0 aliphatic rings. The van der Waals surface area contributed by atoms with Crippen LogP contribution in [0, 0.1) is 0 Å². The first kappa shape index (κ1) is 11.7. The Hall–Kier alpha value is -2.35. The molecule has 0 amide bonds. The summed E-state index contributed by atoms with van der Waals surface area (Å²) in [6, 6.07) is 23.2. The van der Waals surface area contributed by atoms with Crippen molar-refractivity contribution in [1.29, 1.82) is 0 Å². The fourth-order valence-electron chi connectivity index (χ4n) is 2.40. The lowest BCUT2D eigenvalue weighted by Gasteiger charge is -2.16. The fourth-order valence-corrected chi connectivity index (χ4v) is 2.40. The Kier molecular flexibility index (Phi) is 3.41. The van der Waals surface area contributed by atoms with Crippen molar-refractivity contribution in [3.63, 3.8) is 0 Å². The van der Waals surface area contributed by atoms with E-state index in [-0.39, 0.29) is 0 Å². The Morgan fingerprint density at radius 2 is 1.53 bits per heavy atom. The number of hydrogen-bond acceptors (Lipinski definition) is 1. The Morgan fingerprint density at radius 3 is 2.16 bits per heavy atom. The van der Waals surface area contributed by atoms with Crippen LogP contribution >= 0.6 is 0 Å². The van der Waals surface area contributed by atoms with Crippen molar-refractivity contribution in [3.8, 4) is 0 Å². The molecule has 0 spiro atoms. The van der Waals surface area contributed by atoms with Crippen LogP contribution in [-0.4, -0.2) is 10.2 Å². The van der Waals surface area contributed by atoms with Gasteiger partial charge in [-0.1, -0.05) is 60.7 Å². The van der Waals surface area contributed by atoms with E-state index in [1.165, 1.54) is 11.1 Å². The van der Waals surface area contributed by atoms with Gasteiger partial charge in [0.2, 0.25) is 0 Å². The average Bonchev–Trinajstić information content (AvgIpc) is 3.01. The zero-order chi connectivity index (χ0) is 12.9. The van der Waals surface area contributed by atoms with Gasteiger partial charge in [-0.2, -0.15) is 5.10 Å². The maximum Gasteiger partial charge on any atom is 0.0490 e.